The number of nitrogens with one attached hydrogen (secondary N) is 2. The van der Waals surface area contributed by atoms with Gasteiger partial charge in [0, 0.05) is 19.0 Å². The quantitative estimate of drug-likeness (QED) is 0.817. The summed E-state index contributed by atoms with van der Waals surface area (Å²) in [6.07, 6.45) is 3.87. The highest BCUT2D eigenvalue weighted by molar-refractivity contribution is 7.07. The first-order valence-electron chi connectivity index (χ1n) is 5.86. The first kappa shape index (κ1) is 11.6. The predicted molar refractivity (Wildman–Crippen MR) is 66.7 cm³/mol. The first-order chi connectivity index (χ1) is 7.84. The number of hydrogen-bond acceptors (Lipinski definition) is 3. The molecule has 3 nitrogen and oxygen atoms in total. The SMILES string of the molecule is O=C(CCc1ccsc1)NCC1CCCN1. The zero-order valence-corrected chi connectivity index (χ0v) is 10.2. The van der Waals surface area contributed by atoms with E-state index >= 15 is 0 Å². The van der Waals surface area contributed by atoms with Gasteiger partial charge in [-0.1, -0.05) is 0 Å². The van der Waals surface area contributed by atoms with Crippen molar-refractivity contribution < 1.29 is 4.79 Å². The highest BCUT2D eigenvalue weighted by Crippen LogP contribution is 2.08. The van der Waals surface area contributed by atoms with E-state index in [0.717, 1.165) is 19.5 Å². The topological polar surface area (TPSA) is 41.1 Å². The third kappa shape index (κ3) is 3.61. The van der Waals surface area contributed by atoms with Crippen LogP contribution in [0.1, 0.15) is 24.8 Å². The summed E-state index contributed by atoms with van der Waals surface area (Å²) in [6.45, 7) is 1.87. The van der Waals surface area contributed by atoms with Crippen LogP contribution in [0.2, 0.25) is 0 Å². The Morgan fingerprint density at radius 3 is 3.25 bits per heavy atom. The van der Waals surface area contributed by atoms with Gasteiger partial charge in [0.15, 0.2) is 0 Å². The maximum atomic E-state index is 11.6. The molecule has 1 aliphatic heterocycles. The lowest BCUT2D eigenvalue weighted by Crippen LogP contribution is -2.37. The molecule has 88 valence electrons. The largest absolute Gasteiger partial charge is 0.355 e. The summed E-state index contributed by atoms with van der Waals surface area (Å²) >= 11 is 1.68. The van der Waals surface area contributed by atoms with Gasteiger partial charge in [0.25, 0.3) is 0 Å². The molecule has 1 aromatic rings. The van der Waals surface area contributed by atoms with Gasteiger partial charge in [0.2, 0.25) is 5.91 Å². The summed E-state index contributed by atoms with van der Waals surface area (Å²) in [5, 5.41) is 10.5. The van der Waals surface area contributed by atoms with Crippen LogP contribution in [0.4, 0.5) is 0 Å². The zero-order chi connectivity index (χ0) is 11.2. The van der Waals surface area contributed by atoms with Crippen molar-refractivity contribution >= 4 is 17.2 Å². The van der Waals surface area contributed by atoms with Crippen LogP contribution in [0.5, 0.6) is 0 Å². The van der Waals surface area contributed by atoms with Crippen LogP contribution in [0.25, 0.3) is 0 Å². The number of carbonyl (C=O) groups excluding carboxylic acids is 1. The molecule has 1 unspecified atom stereocenters. The van der Waals surface area contributed by atoms with Crippen molar-refractivity contribution in [3.8, 4) is 0 Å². The van der Waals surface area contributed by atoms with Crippen molar-refractivity contribution in [3.05, 3.63) is 22.4 Å². The summed E-state index contributed by atoms with van der Waals surface area (Å²) in [6, 6.07) is 2.57. The molecular weight excluding hydrogens is 220 g/mol. The lowest BCUT2D eigenvalue weighted by atomic mass is 10.2. The van der Waals surface area contributed by atoms with Crippen LogP contribution in [0.3, 0.4) is 0 Å². The molecule has 0 spiro atoms. The molecule has 2 rings (SSSR count). The molecule has 1 fully saturated rings. The summed E-state index contributed by atoms with van der Waals surface area (Å²) in [4.78, 5) is 11.6. The first-order valence-corrected chi connectivity index (χ1v) is 6.80. The fraction of sp³-hybridized carbons (Fsp3) is 0.583. The molecule has 0 saturated carbocycles. The molecular formula is C12H18N2OS. The van der Waals surface area contributed by atoms with Crippen LogP contribution >= 0.6 is 11.3 Å². The van der Waals surface area contributed by atoms with Crippen LogP contribution in [0, 0.1) is 0 Å². The Bertz CT molecular complexity index is 318. The lowest BCUT2D eigenvalue weighted by molar-refractivity contribution is -0.121. The Morgan fingerprint density at radius 1 is 1.62 bits per heavy atom. The van der Waals surface area contributed by atoms with E-state index in [9.17, 15) is 4.79 Å². The van der Waals surface area contributed by atoms with Crippen LogP contribution in [-0.4, -0.2) is 25.0 Å². The van der Waals surface area contributed by atoms with Crippen molar-refractivity contribution in [3.63, 3.8) is 0 Å². The smallest absolute Gasteiger partial charge is 0.220 e. The molecule has 1 atom stereocenters. The van der Waals surface area contributed by atoms with Gasteiger partial charge >= 0.3 is 0 Å². The molecule has 0 bridgehead atoms. The molecule has 0 radical (unpaired) electrons. The summed E-state index contributed by atoms with van der Waals surface area (Å²) < 4.78 is 0. The van der Waals surface area contributed by atoms with E-state index in [4.69, 9.17) is 0 Å². The van der Waals surface area contributed by atoms with Gasteiger partial charge in [-0.2, -0.15) is 11.3 Å². The van der Waals surface area contributed by atoms with E-state index in [1.165, 1.54) is 18.4 Å². The molecule has 1 aliphatic rings. The van der Waals surface area contributed by atoms with Crippen LogP contribution in [-0.2, 0) is 11.2 Å². The average Bonchev–Trinajstić information content (AvgIpc) is 2.96. The fourth-order valence-electron chi connectivity index (χ4n) is 1.95. The number of carbonyl (C=O) groups is 1. The molecule has 2 heterocycles. The molecule has 0 aliphatic carbocycles. The number of thiophene rings is 1. The number of amides is 1. The van der Waals surface area contributed by atoms with E-state index in [2.05, 4.69) is 27.5 Å². The van der Waals surface area contributed by atoms with Crippen molar-refractivity contribution in [2.45, 2.75) is 31.7 Å². The Morgan fingerprint density at radius 2 is 2.56 bits per heavy atom. The monoisotopic (exact) mass is 238 g/mol. The Labute approximate surface area is 100 Å². The van der Waals surface area contributed by atoms with Crippen molar-refractivity contribution in [1.29, 1.82) is 0 Å². The Hall–Kier alpha value is -0.870. The minimum absolute atomic E-state index is 0.167. The van der Waals surface area contributed by atoms with Crippen molar-refractivity contribution in [2.24, 2.45) is 0 Å². The maximum Gasteiger partial charge on any atom is 0.220 e. The van der Waals surface area contributed by atoms with Crippen LogP contribution in [0.15, 0.2) is 16.8 Å². The standard InChI is InChI=1S/C12H18N2OS/c15-12(4-3-10-5-7-16-9-10)14-8-11-2-1-6-13-11/h5,7,9,11,13H,1-4,6,8H2,(H,14,15). The number of rotatable bonds is 5. The van der Waals surface area contributed by atoms with Gasteiger partial charge in [0.05, 0.1) is 0 Å². The third-order valence-corrected chi connectivity index (χ3v) is 3.66. The average molecular weight is 238 g/mol. The van der Waals surface area contributed by atoms with Gasteiger partial charge in [-0.3, -0.25) is 4.79 Å². The fourth-order valence-corrected chi connectivity index (χ4v) is 2.65. The Kier molecular flexibility index (Phi) is 4.36. The minimum Gasteiger partial charge on any atom is -0.355 e. The van der Waals surface area contributed by atoms with Crippen molar-refractivity contribution in [2.75, 3.05) is 13.1 Å². The van der Waals surface area contributed by atoms with Gasteiger partial charge in [0.1, 0.15) is 0 Å². The molecule has 1 saturated heterocycles. The van der Waals surface area contributed by atoms with E-state index in [-0.39, 0.29) is 5.91 Å². The Balaban J connectivity index is 1.60. The van der Waals surface area contributed by atoms with E-state index in [1.54, 1.807) is 11.3 Å². The van der Waals surface area contributed by atoms with Crippen LogP contribution < -0.4 is 10.6 Å². The molecule has 4 heteroatoms. The van der Waals surface area contributed by atoms with Gasteiger partial charge in [-0.15, -0.1) is 0 Å². The number of aryl methyl sites for hydroxylation is 1. The zero-order valence-electron chi connectivity index (χ0n) is 9.37. The minimum atomic E-state index is 0.167. The normalized spacial score (nSPS) is 19.9. The lowest BCUT2D eigenvalue weighted by Gasteiger charge is -2.11. The van der Waals surface area contributed by atoms with E-state index in [1.807, 2.05) is 0 Å². The molecule has 1 aromatic heterocycles. The van der Waals surface area contributed by atoms with E-state index in [0.29, 0.717) is 12.5 Å². The second-order valence-electron chi connectivity index (χ2n) is 4.23. The third-order valence-electron chi connectivity index (χ3n) is 2.93. The molecule has 0 aromatic carbocycles. The summed E-state index contributed by atoms with van der Waals surface area (Å²) in [5.41, 5.74) is 1.26. The second kappa shape index (κ2) is 6.01. The molecule has 1 amide bonds. The highest BCUT2D eigenvalue weighted by atomic mass is 32.1. The molecule has 16 heavy (non-hydrogen) atoms. The highest BCUT2D eigenvalue weighted by Gasteiger charge is 2.14. The van der Waals surface area contributed by atoms with Gasteiger partial charge in [-0.05, 0) is 48.2 Å². The summed E-state index contributed by atoms with van der Waals surface area (Å²) in [7, 11) is 0. The van der Waals surface area contributed by atoms with E-state index < -0.39 is 0 Å². The van der Waals surface area contributed by atoms with Gasteiger partial charge in [-0.25, -0.2) is 0 Å². The predicted octanol–water partition coefficient (Wildman–Crippen LogP) is 1.55. The number of hydrogen-bond donors (Lipinski definition) is 2. The van der Waals surface area contributed by atoms with Crippen molar-refractivity contribution in [1.82, 2.24) is 10.6 Å². The second-order valence-corrected chi connectivity index (χ2v) is 5.01. The summed E-state index contributed by atoms with van der Waals surface area (Å²) in [5.74, 6) is 0.167. The van der Waals surface area contributed by atoms with Gasteiger partial charge < -0.3 is 10.6 Å². The maximum absolute atomic E-state index is 11.6. The molecule has 2 N–H and O–H groups in total.